The monoisotopic (exact) mass is 313 g/mol. The first-order valence-electron chi connectivity index (χ1n) is 7.95. The van der Waals surface area contributed by atoms with Crippen LogP contribution in [-0.4, -0.2) is 37.2 Å². The number of hydrogen-bond acceptors (Lipinski definition) is 4. The topological polar surface area (TPSA) is 55.8 Å². The van der Waals surface area contributed by atoms with E-state index in [4.69, 9.17) is 9.47 Å². The fourth-order valence-corrected chi connectivity index (χ4v) is 4.18. The highest BCUT2D eigenvalue weighted by molar-refractivity contribution is 6.03. The summed E-state index contributed by atoms with van der Waals surface area (Å²) in [5.41, 5.74) is 1.33. The van der Waals surface area contributed by atoms with Gasteiger partial charge < -0.3 is 14.4 Å². The predicted octanol–water partition coefficient (Wildman–Crippen LogP) is 1.71. The summed E-state index contributed by atoms with van der Waals surface area (Å²) in [5, 5.41) is 0. The van der Waals surface area contributed by atoms with E-state index < -0.39 is 17.4 Å². The van der Waals surface area contributed by atoms with Crippen molar-refractivity contribution in [2.24, 2.45) is 11.8 Å². The molecule has 0 aliphatic carbocycles. The number of hydrogen-bond donors (Lipinski definition) is 0. The van der Waals surface area contributed by atoms with Gasteiger partial charge in [0.2, 0.25) is 5.91 Å². The number of para-hydroxylation sites is 1. The zero-order chi connectivity index (χ0) is 16.2. The van der Waals surface area contributed by atoms with Crippen LogP contribution < -0.4 is 4.90 Å². The largest absolute Gasteiger partial charge is 0.469 e. The molecule has 4 rings (SSSR count). The summed E-state index contributed by atoms with van der Waals surface area (Å²) in [7, 11) is 1.36. The van der Waals surface area contributed by atoms with E-state index in [0.29, 0.717) is 6.54 Å². The zero-order valence-electron chi connectivity index (χ0n) is 13.2. The molecule has 3 heterocycles. The summed E-state index contributed by atoms with van der Waals surface area (Å²) in [6.45, 7) is 2.52. The Morgan fingerprint density at radius 1 is 1.43 bits per heavy atom. The van der Waals surface area contributed by atoms with Gasteiger partial charge in [0.25, 0.3) is 0 Å². The first-order chi connectivity index (χ1) is 11.1. The van der Waals surface area contributed by atoms with Crippen LogP contribution in [0.5, 0.6) is 0 Å². The van der Waals surface area contributed by atoms with Crippen molar-refractivity contribution in [1.82, 2.24) is 0 Å². The van der Waals surface area contributed by atoms with Gasteiger partial charge in [-0.05, 0) is 18.1 Å². The molecule has 3 aliphatic heterocycles. The summed E-state index contributed by atoms with van der Waals surface area (Å²) in [5.74, 6) is -1.45. The van der Waals surface area contributed by atoms with Crippen molar-refractivity contribution >= 4 is 17.6 Å². The fourth-order valence-electron chi connectivity index (χ4n) is 4.18. The molecule has 1 unspecified atom stereocenters. The number of ether oxygens (including phenoxy) is 2. The van der Waals surface area contributed by atoms with E-state index in [2.05, 4.69) is 6.92 Å². The molecule has 0 aromatic heterocycles. The maximum absolute atomic E-state index is 13.1. The third kappa shape index (κ3) is 1.83. The Kier molecular flexibility index (Phi) is 3.10. The molecule has 0 N–H and O–H groups in total. The van der Waals surface area contributed by atoms with Crippen LogP contribution in [-0.2, 0) is 25.5 Å². The highest BCUT2D eigenvalue weighted by Crippen LogP contribution is 2.53. The van der Waals surface area contributed by atoms with Gasteiger partial charge in [0.15, 0.2) is 0 Å². The van der Waals surface area contributed by atoms with Gasteiger partial charge in [0.05, 0.1) is 25.7 Å². The van der Waals surface area contributed by atoms with E-state index in [1.165, 1.54) is 7.11 Å². The number of nitrogens with zero attached hydrogens (tertiary/aromatic N) is 1. The highest BCUT2D eigenvalue weighted by atomic mass is 16.5. The molecule has 2 fully saturated rings. The van der Waals surface area contributed by atoms with Crippen molar-refractivity contribution in [3.8, 4) is 0 Å². The Labute approximate surface area is 134 Å². The minimum Gasteiger partial charge on any atom is -0.469 e. The Bertz CT molecular complexity index is 713. The van der Waals surface area contributed by atoms with E-state index in [1.54, 1.807) is 4.90 Å². The van der Waals surface area contributed by atoms with Gasteiger partial charge in [-0.1, -0.05) is 37.3 Å². The highest BCUT2D eigenvalue weighted by Gasteiger charge is 2.67. The first-order valence-corrected chi connectivity index (χ1v) is 7.95. The maximum atomic E-state index is 13.1. The molecule has 1 amide bonds. The maximum Gasteiger partial charge on any atom is 0.312 e. The SMILES string of the molecule is CCc1ccccc1N1CC23C=C[C@@H](O2)[C@H](C(=O)OC)[C@@H]3C1=O. The van der Waals surface area contributed by atoms with Crippen LogP contribution >= 0.6 is 0 Å². The number of methoxy groups -OCH3 is 1. The van der Waals surface area contributed by atoms with Gasteiger partial charge in [-0.2, -0.15) is 0 Å². The predicted molar refractivity (Wildman–Crippen MR) is 83.9 cm³/mol. The average molecular weight is 313 g/mol. The summed E-state index contributed by atoms with van der Waals surface area (Å²) >= 11 is 0. The molecule has 1 aromatic rings. The first kappa shape index (κ1) is 14.5. The summed E-state index contributed by atoms with van der Waals surface area (Å²) in [6, 6.07) is 7.89. The van der Waals surface area contributed by atoms with Crippen molar-refractivity contribution in [1.29, 1.82) is 0 Å². The van der Waals surface area contributed by atoms with Gasteiger partial charge >= 0.3 is 5.97 Å². The van der Waals surface area contributed by atoms with E-state index in [0.717, 1.165) is 17.7 Å². The van der Waals surface area contributed by atoms with Gasteiger partial charge in [-0.15, -0.1) is 0 Å². The molecular formula is C18H19NO4. The Hall–Kier alpha value is -2.14. The Morgan fingerprint density at radius 2 is 2.22 bits per heavy atom. The van der Waals surface area contributed by atoms with Crippen molar-refractivity contribution in [2.75, 3.05) is 18.6 Å². The van der Waals surface area contributed by atoms with Gasteiger partial charge in [0, 0.05) is 5.69 Å². The van der Waals surface area contributed by atoms with Gasteiger partial charge in [0.1, 0.15) is 11.5 Å². The number of anilines is 1. The number of benzene rings is 1. The molecule has 5 nitrogen and oxygen atoms in total. The number of fused-ring (bicyclic) bond motifs is 1. The second-order valence-corrected chi connectivity index (χ2v) is 6.33. The summed E-state index contributed by atoms with van der Waals surface area (Å²) in [6.07, 6.45) is 4.34. The molecule has 0 radical (unpaired) electrons. The van der Waals surface area contributed by atoms with Crippen molar-refractivity contribution in [3.05, 3.63) is 42.0 Å². The van der Waals surface area contributed by atoms with Gasteiger partial charge in [-0.25, -0.2) is 0 Å². The summed E-state index contributed by atoms with van der Waals surface area (Å²) < 4.78 is 10.9. The third-order valence-electron chi connectivity index (χ3n) is 5.24. The molecule has 2 bridgehead atoms. The lowest BCUT2D eigenvalue weighted by molar-refractivity contribution is -0.149. The van der Waals surface area contributed by atoms with Crippen LogP contribution in [0, 0.1) is 11.8 Å². The molecule has 120 valence electrons. The molecule has 3 aliphatic rings. The number of carbonyl (C=O) groups is 2. The van der Waals surface area contributed by atoms with E-state index in [9.17, 15) is 9.59 Å². The summed E-state index contributed by atoms with van der Waals surface area (Å²) in [4.78, 5) is 27.0. The smallest absolute Gasteiger partial charge is 0.312 e. The molecule has 1 spiro atoms. The normalized spacial score (nSPS) is 34.1. The number of amides is 1. The molecule has 5 heteroatoms. The standard InChI is InChI=1S/C18H19NO4/c1-3-11-6-4-5-7-12(11)19-10-18-9-8-13(23-18)14(17(21)22-2)15(18)16(19)20/h4-9,13-15H,3,10H2,1-2H3/t13-,14+,15-,18?/m1/s1. The van der Waals surface area contributed by atoms with E-state index >= 15 is 0 Å². The third-order valence-corrected chi connectivity index (χ3v) is 5.24. The quantitative estimate of drug-likeness (QED) is 0.630. The minimum absolute atomic E-state index is 0.0480. The van der Waals surface area contributed by atoms with Crippen molar-refractivity contribution < 1.29 is 19.1 Å². The number of esters is 1. The molecule has 2 saturated heterocycles. The van der Waals surface area contributed by atoms with Crippen LogP contribution in [0.4, 0.5) is 5.69 Å². The van der Waals surface area contributed by atoms with Crippen LogP contribution in [0.15, 0.2) is 36.4 Å². The zero-order valence-corrected chi connectivity index (χ0v) is 13.2. The molecule has 1 aromatic carbocycles. The van der Waals surface area contributed by atoms with E-state index in [-0.39, 0.29) is 18.0 Å². The molecule has 23 heavy (non-hydrogen) atoms. The van der Waals surface area contributed by atoms with Crippen molar-refractivity contribution in [3.63, 3.8) is 0 Å². The van der Waals surface area contributed by atoms with E-state index in [1.807, 2.05) is 36.4 Å². The number of carbonyl (C=O) groups excluding carboxylic acids is 2. The number of rotatable bonds is 3. The minimum atomic E-state index is -0.693. The lowest BCUT2D eigenvalue weighted by Gasteiger charge is -2.23. The Morgan fingerprint density at radius 3 is 2.96 bits per heavy atom. The second-order valence-electron chi connectivity index (χ2n) is 6.33. The lowest BCUT2D eigenvalue weighted by atomic mass is 9.77. The van der Waals surface area contributed by atoms with Crippen LogP contribution in [0.25, 0.3) is 0 Å². The van der Waals surface area contributed by atoms with Crippen LogP contribution in [0.1, 0.15) is 12.5 Å². The molecule has 4 atom stereocenters. The Balaban J connectivity index is 1.75. The van der Waals surface area contributed by atoms with Gasteiger partial charge in [-0.3, -0.25) is 9.59 Å². The van der Waals surface area contributed by atoms with Crippen LogP contribution in [0.3, 0.4) is 0 Å². The van der Waals surface area contributed by atoms with Crippen molar-refractivity contribution in [2.45, 2.75) is 25.0 Å². The second kappa shape index (κ2) is 4.93. The fraction of sp³-hybridized carbons (Fsp3) is 0.444. The molecular weight excluding hydrogens is 294 g/mol. The average Bonchev–Trinajstić information content (AvgIpc) is 3.22. The lowest BCUT2D eigenvalue weighted by Crippen LogP contribution is -2.39. The number of aryl methyl sites for hydroxylation is 1. The molecule has 0 saturated carbocycles. The van der Waals surface area contributed by atoms with Crippen LogP contribution in [0.2, 0.25) is 0 Å².